The predicted octanol–water partition coefficient (Wildman–Crippen LogP) is 3.20. The third-order valence-corrected chi connectivity index (χ3v) is 3.97. The average Bonchev–Trinajstić information content (AvgIpc) is 2.60. The Kier molecular flexibility index (Phi) is 6.28. The maximum absolute atomic E-state index is 13.6. The highest BCUT2D eigenvalue weighted by Gasteiger charge is 2.24. The molecule has 0 saturated carbocycles. The van der Waals surface area contributed by atoms with E-state index >= 15 is 0 Å². The van der Waals surface area contributed by atoms with Crippen molar-refractivity contribution in [1.29, 1.82) is 0 Å². The van der Waals surface area contributed by atoms with E-state index in [9.17, 15) is 14.0 Å². The van der Waals surface area contributed by atoms with Crippen molar-refractivity contribution in [3.05, 3.63) is 71.0 Å². The second kappa shape index (κ2) is 8.42. The van der Waals surface area contributed by atoms with Gasteiger partial charge in [0.05, 0.1) is 0 Å². The molecule has 0 aliphatic heterocycles. The Bertz CT molecular complexity index is 745. The Hall–Kier alpha value is -2.69. The molecule has 0 saturated heterocycles. The lowest BCUT2D eigenvalue weighted by Gasteiger charge is -2.22. The molecule has 0 aliphatic rings. The molecule has 0 aromatic heterocycles. The molecule has 25 heavy (non-hydrogen) atoms. The lowest BCUT2D eigenvalue weighted by molar-refractivity contribution is -0.124. The van der Waals surface area contributed by atoms with E-state index in [1.54, 1.807) is 43.3 Å². The lowest BCUT2D eigenvalue weighted by Crippen LogP contribution is -2.49. The van der Waals surface area contributed by atoms with Gasteiger partial charge in [0.2, 0.25) is 5.91 Å². The molecular weight excluding hydrogens is 319 g/mol. The second-order valence-corrected chi connectivity index (χ2v) is 6.36. The summed E-state index contributed by atoms with van der Waals surface area (Å²) in [5, 5.41) is 5.53. The molecule has 0 spiro atoms. The van der Waals surface area contributed by atoms with E-state index in [0.29, 0.717) is 16.7 Å². The van der Waals surface area contributed by atoms with Crippen LogP contribution < -0.4 is 10.6 Å². The highest BCUT2D eigenvalue weighted by atomic mass is 19.1. The molecule has 5 heteroatoms. The molecule has 2 amide bonds. The molecule has 132 valence electrons. The smallest absolute Gasteiger partial charge is 0.251 e. The minimum atomic E-state index is -0.664. The van der Waals surface area contributed by atoms with E-state index in [2.05, 4.69) is 10.6 Å². The van der Waals surface area contributed by atoms with E-state index < -0.39 is 6.04 Å². The molecule has 2 rings (SSSR count). The van der Waals surface area contributed by atoms with Crippen LogP contribution in [0.15, 0.2) is 48.5 Å². The van der Waals surface area contributed by atoms with Crippen molar-refractivity contribution in [3.63, 3.8) is 0 Å². The number of nitrogens with one attached hydrogen (secondary N) is 2. The van der Waals surface area contributed by atoms with Crippen LogP contribution in [0.5, 0.6) is 0 Å². The maximum Gasteiger partial charge on any atom is 0.251 e. The third kappa shape index (κ3) is 5.14. The zero-order valence-electron chi connectivity index (χ0n) is 14.7. The van der Waals surface area contributed by atoms with Gasteiger partial charge in [0.1, 0.15) is 11.9 Å². The third-order valence-electron chi connectivity index (χ3n) is 3.97. The van der Waals surface area contributed by atoms with E-state index in [-0.39, 0.29) is 30.1 Å². The fourth-order valence-electron chi connectivity index (χ4n) is 2.39. The van der Waals surface area contributed by atoms with Gasteiger partial charge in [-0.05, 0) is 42.2 Å². The summed E-state index contributed by atoms with van der Waals surface area (Å²) in [6.45, 7) is 5.62. The molecule has 4 nitrogen and oxygen atoms in total. The highest BCUT2D eigenvalue weighted by Crippen LogP contribution is 2.10. The number of amides is 2. The number of aryl methyl sites for hydroxylation is 1. The average molecular weight is 342 g/mol. The number of carbonyl (C=O) groups excluding carboxylic acids is 2. The highest BCUT2D eigenvalue weighted by molar-refractivity contribution is 5.97. The van der Waals surface area contributed by atoms with Crippen molar-refractivity contribution in [1.82, 2.24) is 10.6 Å². The predicted molar refractivity (Wildman–Crippen MR) is 95.5 cm³/mol. The molecule has 0 aliphatic carbocycles. The molecule has 2 aromatic carbocycles. The number of benzene rings is 2. The summed E-state index contributed by atoms with van der Waals surface area (Å²) in [6, 6.07) is 12.9. The standard InChI is InChI=1S/C20H23FN2O2/c1-13(2)18(23-19(24)16-7-5-4-6-8-16)20(25)22-12-15-10-9-14(3)17(21)11-15/h4-11,13,18H,12H2,1-3H3,(H,22,25)(H,23,24). The van der Waals surface area contributed by atoms with Crippen LogP contribution in [0.4, 0.5) is 4.39 Å². The quantitative estimate of drug-likeness (QED) is 0.847. The zero-order valence-corrected chi connectivity index (χ0v) is 14.7. The SMILES string of the molecule is Cc1ccc(CNC(=O)C(NC(=O)c2ccccc2)C(C)C)cc1F. The van der Waals surface area contributed by atoms with Crippen molar-refractivity contribution in [2.45, 2.75) is 33.4 Å². The summed E-state index contributed by atoms with van der Waals surface area (Å²) in [7, 11) is 0. The molecule has 2 aromatic rings. The van der Waals surface area contributed by atoms with Gasteiger partial charge >= 0.3 is 0 Å². The molecule has 1 unspecified atom stereocenters. The molecular formula is C20H23FN2O2. The van der Waals surface area contributed by atoms with Crippen LogP contribution in [0, 0.1) is 18.7 Å². The molecule has 0 fully saturated rings. The molecule has 0 bridgehead atoms. The summed E-state index contributed by atoms with van der Waals surface area (Å²) < 4.78 is 13.6. The lowest BCUT2D eigenvalue weighted by atomic mass is 10.0. The van der Waals surface area contributed by atoms with Gasteiger partial charge in [-0.25, -0.2) is 4.39 Å². The van der Waals surface area contributed by atoms with Gasteiger partial charge in [0, 0.05) is 12.1 Å². The van der Waals surface area contributed by atoms with Crippen LogP contribution >= 0.6 is 0 Å². The van der Waals surface area contributed by atoms with Gasteiger partial charge in [-0.2, -0.15) is 0 Å². The van der Waals surface area contributed by atoms with Crippen LogP contribution in [0.25, 0.3) is 0 Å². The number of hydrogen-bond acceptors (Lipinski definition) is 2. The van der Waals surface area contributed by atoms with Gasteiger partial charge in [0.25, 0.3) is 5.91 Å². The normalized spacial score (nSPS) is 11.9. The minimum absolute atomic E-state index is 0.0811. The summed E-state index contributed by atoms with van der Waals surface area (Å²) >= 11 is 0. The number of carbonyl (C=O) groups is 2. The molecule has 0 heterocycles. The number of rotatable bonds is 6. The van der Waals surface area contributed by atoms with Crippen LogP contribution in [-0.2, 0) is 11.3 Å². The first-order valence-corrected chi connectivity index (χ1v) is 8.27. The van der Waals surface area contributed by atoms with Crippen molar-refractivity contribution >= 4 is 11.8 Å². The number of halogens is 1. The van der Waals surface area contributed by atoms with Crippen LogP contribution in [-0.4, -0.2) is 17.9 Å². The molecule has 2 N–H and O–H groups in total. The van der Waals surface area contributed by atoms with Gasteiger partial charge in [-0.15, -0.1) is 0 Å². The largest absolute Gasteiger partial charge is 0.350 e. The van der Waals surface area contributed by atoms with Crippen molar-refractivity contribution in [2.24, 2.45) is 5.92 Å². The summed E-state index contributed by atoms with van der Waals surface area (Å²) in [5.41, 5.74) is 1.74. The second-order valence-electron chi connectivity index (χ2n) is 6.36. The Labute approximate surface area is 147 Å². The summed E-state index contributed by atoms with van der Waals surface area (Å²) in [5.74, 6) is -0.969. The van der Waals surface area contributed by atoms with E-state index in [1.807, 2.05) is 19.9 Å². The first kappa shape index (κ1) is 18.6. The Morgan fingerprint density at radius 2 is 1.76 bits per heavy atom. The molecule has 0 radical (unpaired) electrons. The van der Waals surface area contributed by atoms with Crippen LogP contribution in [0.1, 0.15) is 35.3 Å². The van der Waals surface area contributed by atoms with Crippen molar-refractivity contribution in [3.8, 4) is 0 Å². The Morgan fingerprint density at radius 1 is 1.08 bits per heavy atom. The fraction of sp³-hybridized carbons (Fsp3) is 0.300. The first-order chi connectivity index (χ1) is 11.9. The van der Waals surface area contributed by atoms with E-state index in [0.717, 1.165) is 0 Å². The minimum Gasteiger partial charge on any atom is -0.350 e. The summed E-state index contributed by atoms with van der Waals surface area (Å²) in [6.07, 6.45) is 0. The monoisotopic (exact) mass is 342 g/mol. The topological polar surface area (TPSA) is 58.2 Å². The summed E-state index contributed by atoms with van der Waals surface area (Å²) in [4.78, 5) is 24.7. The number of hydrogen-bond donors (Lipinski definition) is 2. The van der Waals surface area contributed by atoms with E-state index in [1.165, 1.54) is 6.07 Å². The maximum atomic E-state index is 13.6. The van der Waals surface area contributed by atoms with Gasteiger partial charge in [-0.1, -0.05) is 44.2 Å². The van der Waals surface area contributed by atoms with Crippen LogP contribution in [0.3, 0.4) is 0 Å². The Balaban J connectivity index is 2.00. The van der Waals surface area contributed by atoms with E-state index in [4.69, 9.17) is 0 Å². The van der Waals surface area contributed by atoms with Crippen molar-refractivity contribution in [2.75, 3.05) is 0 Å². The fourth-order valence-corrected chi connectivity index (χ4v) is 2.39. The first-order valence-electron chi connectivity index (χ1n) is 8.27. The zero-order chi connectivity index (χ0) is 18.4. The van der Waals surface area contributed by atoms with Crippen LogP contribution in [0.2, 0.25) is 0 Å². The molecule has 1 atom stereocenters. The van der Waals surface area contributed by atoms with Gasteiger partial charge < -0.3 is 10.6 Å². The van der Waals surface area contributed by atoms with Crippen molar-refractivity contribution < 1.29 is 14.0 Å². The van der Waals surface area contributed by atoms with Gasteiger partial charge in [0.15, 0.2) is 0 Å². The Morgan fingerprint density at radius 3 is 2.36 bits per heavy atom. The van der Waals surface area contributed by atoms with Gasteiger partial charge in [-0.3, -0.25) is 9.59 Å².